The highest BCUT2D eigenvalue weighted by molar-refractivity contribution is 5.66. The van der Waals surface area contributed by atoms with E-state index in [4.69, 9.17) is 0 Å². The SMILES string of the molecule is C=C(NNc1ccccc1)c1ccc(F)cc1C. The summed E-state index contributed by atoms with van der Waals surface area (Å²) in [6.07, 6.45) is 0. The third-order valence-electron chi connectivity index (χ3n) is 2.65. The zero-order valence-electron chi connectivity index (χ0n) is 10.2. The zero-order chi connectivity index (χ0) is 13.0. The largest absolute Gasteiger partial charge is 0.301 e. The molecular weight excluding hydrogens is 227 g/mol. The molecule has 2 N–H and O–H groups in total. The van der Waals surface area contributed by atoms with Gasteiger partial charge in [0.15, 0.2) is 0 Å². The van der Waals surface area contributed by atoms with Crippen LogP contribution in [0, 0.1) is 12.7 Å². The molecule has 3 heteroatoms. The number of benzene rings is 2. The maximum absolute atomic E-state index is 13.0. The Morgan fingerprint density at radius 1 is 1.11 bits per heavy atom. The number of rotatable bonds is 4. The predicted octanol–water partition coefficient (Wildman–Crippen LogP) is 3.72. The summed E-state index contributed by atoms with van der Waals surface area (Å²) in [6.45, 7) is 5.79. The monoisotopic (exact) mass is 242 g/mol. The van der Waals surface area contributed by atoms with E-state index < -0.39 is 0 Å². The second-order valence-electron chi connectivity index (χ2n) is 4.05. The first-order valence-corrected chi connectivity index (χ1v) is 5.69. The molecule has 2 rings (SSSR count). The minimum absolute atomic E-state index is 0.236. The average Bonchev–Trinajstić information content (AvgIpc) is 2.37. The summed E-state index contributed by atoms with van der Waals surface area (Å²) in [5.74, 6) is -0.236. The lowest BCUT2D eigenvalue weighted by Crippen LogP contribution is -2.19. The number of halogens is 1. The van der Waals surface area contributed by atoms with Gasteiger partial charge in [-0.15, -0.1) is 0 Å². The van der Waals surface area contributed by atoms with Crippen LogP contribution >= 0.6 is 0 Å². The molecule has 0 bridgehead atoms. The summed E-state index contributed by atoms with van der Waals surface area (Å²) in [4.78, 5) is 0. The Bertz CT molecular complexity index is 550. The molecule has 0 saturated carbocycles. The summed E-state index contributed by atoms with van der Waals surface area (Å²) >= 11 is 0. The number of anilines is 1. The van der Waals surface area contributed by atoms with Gasteiger partial charge in [0, 0.05) is 5.56 Å². The summed E-state index contributed by atoms with van der Waals surface area (Å²) in [7, 11) is 0. The highest BCUT2D eigenvalue weighted by Crippen LogP contribution is 2.16. The molecule has 0 amide bonds. The van der Waals surface area contributed by atoms with Crippen molar-refractivity contribution >= 4 is 11.4 Å². The van der Waals surface area contributed by atoms with Crippen molar-refractivity contribution in [1.82, 2.24) is 5.43 Å². The molecule has 0 aliphatic carbocycles. The Morgan fingerprint density at radius 3 is 2.50 bits per heavy atom. The van der Waals surface area contributed by atoms with Crippen molar-refractivity contribution in [3.8, 4) is 0 Å². The van der Waals surface area contributed by atoms with Crippen LogP contribution in [0.15, 0.2) is 55.1 Å². The molecule has 2 aromatic carbocycles. The van der Waals surface area contributed by atoms with Gasteiger partial charge in [-0.05, 0) is 42.8 Å². The third-order valence-corrected chi connectivity index (χ3v) is 2.65. The van der Waals surface area contributed by atoms with Gasteiger partial charge in [0.25, 0.3) is 0 Å². The minimum Gasteiger partial charge on any atom is -0.301 e. The first-order valence-electron chi connectivity index (χ1n) is 5.69. The van der Waals surface area contributed by atoms with E-state index in [2.05, 4.69) is 17.4 Å². The normalized spacial score (nSPS) is 9.89. The summed E-state index contributed by atoms with van der Waals surface area (Å²) in [5.41, 5.74) is 9.44. The number of hydrogen-bond donors (Lipinski definition) is 2. The van der Waals surface area contributed by atoms with Gasteiger partial charge in [-0.2, -0.15) is 0 Å². The molecule has 0 aliphatic rings. The van der Waals surface area contributed by atoms with Crippen molar-refractivity contribution in [3.63, 3.8) is 0 Å². The number of para-hydroxylation sites is 1. The van der Waals surface area contributed by atoms with Crippen LogP contribution in [-0.4, -0.2) is 0 Å². The summed E-state index contributed by atoms with van der Waals surface area (Å²) in [6, 6.07) is 14.3. The smallest absolute Gasteiger partial charge is 0.123 e. The third kappa shape index (κ3) is 2.88. The van der Waals surface area contributed by atoms with Crippen molar-refractivity contribution in [2.45, 2.75) is 6.92 Å². The molecular formula is C15H15FN2. The van der Waals surface area contributed by atoms with Crippen LogP contribution in [0.25, 0.3) is 5.70 Å². The Labute approximate surface area is 106 Å². The molecule has 0 unspecified atom stereocenters. The van der Waals surface area contributed by atoms with Gasteiger partial charge in [-0.1, -0.05) is 24.8 Å². The van der Waals surface area contributed by atoms with E-state index >= 15 is 0 Å². The van der Waals surface area contributed by atoms with Crippen molar-refractivity contribution < 1.29 is 4.39 Å². The second kappa shape index (κ2) is 5.36. The lowest BCUT2D eigenvalue weighted by Gasteiger charge is -2.14. The standard InChI is InChI=1S/C15H15FN2/c1-11-10-13(16)8-9-15(11)12(2)17-18-14-6-4-3-5-7-14/h3-10,17-18H,2H2,1H3. The van der Waals surface area contributed by atoms with Gasteiger partial charge in [-0.25, -0.2) is 4.39 Å². The molecule has 0 atom stereocenters. The lowest BCUT2D eigenvalue weighted by molar-refractivity contribution is 0.626. The van der Waals surface area contributed by atoms with Crippen LogP contribution in [0.3, 0.4) is 0 Å². The van der Waals surface area contributed by atoms with Gasteiger partial charge in [0.05, 0.1) is 11.4 Å². The van der Waals surface area contributed by atoms with Crippen molar-refractivity contribution in [2.75, 3.05) is 5.43 Å². The number of hydrogen-bond acceptors (Lipinski definition) is 2. The highest BCUT2D eigenvalue weighted by atomic mass is 19.1. The molecule has 0 heterocycles. The highest BCUT2D eigenvalue weighted by Gasteiger charge is 2.03. The lowest BCUT2D eigenvalue weighted by atomic mass is 10.1. The summed E-state index contributed by atoms with van der Waals surface area (Å²) in [5, 5.41) is 0. The Morgan fingerprint density at radius 2 is 1.83 bits per heavy atom. The maximum atomic E-state index is 13.0. The van der Waals surface area contributed by atoms with Gasteiger partial charge in [0.1, 0.15) is 5.82 Å². The first kappa shape index (κ1) is 12.2. The van der Waals surface area contributed by atoms with Gasteiger partial charge in [0.2, 0.25) is 0 Å². The van der Waals surface area contributed by atoms with Gasteiger partial charge < -0.3 is 10.9 Å². The van der Waals surface area contributed by atoms with E-state index in [9.17, 15) is 4.39 Å². The molecule has 0 radical (unpaired) electrons. The van der Waals surface area contributed by atoms with E-state index in [0.717, 1.165) is 16.8 Å². The first-order chi connectivity index (χ1) is 8.66. The van der Waals surface area contributed by atoms with Crippen LogP contribution in [0.1, 0.15) is 11.1 Å². The van der Waals surface area contributed by atoms with Crippen LogP contribution in [-0.2, 0) is 0 Å². The Kier molecular flexibility index (Phi) is 3.63. The molecule has 92 valence electrons. The number of hydrazine groups is 1. The summed E-state index contributed by atoms with van der Waals surface area (Å²) < 4.78 is 13.0. The molecule has 2 nitrogen and oxygen atoms in total. The molecule has 18 heavy (non-hydrogen) atoms. The van der Waals surface area contributed by atoms with Crippen LogP contribution in [0.5, 0.6) is 0 Å². The van der Waals surface area contributed by atoms with E-state index in [1.807, 2.05) is 37.3 Å². The van der Waals surface area contributed by atoms with Gasteiger partial charge in [-0.3, -0.25) is 0 Å². The molecule has 0 fully saturated rings. The fourth-order valence-electron chi connectivity index (χ4n) is 1.70. The van der Waals surface area contributed by atoms with Crippen LogP contribution < -0.4 is 10.9 Å². The fourth-order valence-corrected chi connectivity index (χ4v) is 1.70. The van der Waals surface area contributed by atoms with Crippen molar-refractivity contribution in [1.29, 1.82) is 0 Å². The molecule has 0 spiro atoms. The number of nitrogens with one attached hydrogen (secondary N) is 2. The Balaban J connectivity index is 2.04. The van der Waals surface area contributed by atoms with Gasteiger partial charge >= 0.3 is 0 Å². The molecule has 2 aromatic rings. The average molecular weight is 242 g/mol. The second-order valence-corrected chi connectivity index (χ2v) is 4.05. The molecule has 0 aliphatic heterocycles. The fraction of sp³-hybridized carbons (Fsp3) is 0.0667. The molecule has 0 saturated heterocycles. The van der Waals surface area contributed by atoms with Crippen LogP contribution in [0.4, 0.5) is 10.1 Å². The van der Waals surface area contributed by atoms with E-state index in [1.54, 1.807) is 6.07 Å². The number of aryl methyl sites for hydroxylation is 1. The van der Waals surface area contributed by atoms with E-state index in [0.29, 0.717) is 5.70 Å². The van der Waals surface area contributed by atoms with Crippen molar-refractivity contribution in [3.05, 3.63) is 72.1 Å². The molecule has 0 aromatic heterocycles. The van der Waals surface area contributed by atoms with Crippen molar-refractivity contribution in [2.24, 2.45) is 0 Å². The predicted molar refractivity (Wildman–Crippen MR) is 73.4 cm³/mol. The van der Waals surface area contributed by atoms with E-state index in [1.165, 1.54) is 12.1 Å². The topological polar surface area (TPSA) is 24.1 Å². The maximum Gasteiger partial charge on any atom is 0.123 e. The quantitative estimate of drug-likeness (QED) is 0.798. The zero-order valence-corrected chi connectivity index (χ0v) is 10.2. The Hall–Kier alpha value is -2.29. The minimum atomic E-state index is -0.236. The van der Waals surface area contributed by atoms with Crippen LogP contribution in [0.2, 0.25) is 0 Å². The van der Waals surface area contributed by atoms with E-state index in [-0.39, 0.29) is 5.82 Å².